The first-order chi connectivity index (χ1) is 14.5. The highest BCUT2D eigenvalue weighted by molar-refractivity contribution is 6.45. The number of rotatable bonds is 5. The maximum absolute atomic E-state index is 13.5. The highest BCUT2D eigenvalue weighted by Gasteiger charge is 2.42. The average molecular weight is 407 g/mol. The molecule has 2 aliphatic rings. The van der Waals surface area contributed by atoms with Crippen LogP contribution in [0.25, 0.3) is 5.57 Å². The molecule has 2 aromatic carbocycles. The number of hydrogen-bond acceptors (Lipinski definition) is 6. The smallest absolute Gasteiger partial charge is 0.282 e. The molecule has 4 rings (SSSR count). The van der Waals surface area contributed by atoms with Gasteiger partial charge in [-0.3, -0.25) is 9.59 Å². The monoisotopic (exact) mass is 407 g/mol. The summed E-state index contributed by atoms with van der Waals surface area (Å²) >= 11 is 0. The molecule has 2 amide bonds. The Morgan fingerprint density at radius 3 is 2.30 bits per heavy atom. The third-order valence-electron chi connectivity index (χ3n) is 5.37. The summed E-state index contributed by atoms with van der Waals surface area (Å²) in [5.41, 5.74) is 3.02. The van der Waals surface area contributed by atoms with Crippen LogP contribution in [-0.4, -0.2) is 64.2 Å². The molecule has 0 N–H and O–H groups in total. The van der Waals surface area contributed by atoms with Gasteiger partial charge >= 0.3 is 0 Å². The number of amides is 2. The van der Waals surface area contributed by atoms with E-state index in [1.807, 2.05) is 54.2 Å². The van der Waals surface area contributed by atoms with E-state index in [2.05, 4.69) is 0 Å². The number of benzene rings is 2. The first-order valence-electron chi connectivity index (χ1n) is 9.89. The summed E-state index contributed by atoms with van der Waals surface area (Å²) in [5.74, 6) is 0.0748. The predicted molar refractivity (Wildman–Crippen MR) is 116 cm³/mol. The molecule has 1 fully saturated rings. The number of morpholine rings is 1. The molecule has 0 aliphatic carbocycles. The second kappa shape index (κ2) is 8.20. The summed E-state index contributed by atoms with van der Waals surface area (Å²) in [4.78, 5) is 32.3. The van der Waals surface area contributed by atoms with E-state index in [4.69, 9.17) is 9.47 Å². The number of anilines is 2. The molecule has 0 radical (unpaired) electrons. The molecule has 2 heterocycles. The fourth-order valence-electron chi connectivity index (χ4n) is 3.76. The first kappa shape index (κ1) is 20.0. The van der Waals surface area contributed by atoms with E-state index in [1.54, 1.807) is 25.3 Å². The van der Waals surface area contributed by atoms with Crippen LogP contribution in [0.2, 0.25) is 0 Å². The molecule has 30 heavy (non-hydrogen) atoms. The third-order valence-corrected chi connectivity index (χ3v) is 5.37. The number of imide groups is 1. The minimum atomic E-state index is -0.317. The quantitative estimate of drug-likeness (QED) is 0.710. The SMILES string of the molecule is COc1ccc(C2=C(N3CCOCC3)C(=O)N(c3cccc(N(C)C)c3)C2=O)cc1. The van der Waals surface area contributed by atoms with Gasteiger partial charge in [-0.2, -0.15) is 0 Å². The Kier molecular flexibility index (Phi) is 5.46. The maximum Gasteiger partial charge on any atom is 0.282 e. The van der Waals surface area contributed by atoms with Crippen LogP contribution in [0.3, 0.4) is 0 Å². The van der Waals surface area contributed by atoms with Gasteiger partial charge in [0, 0.05) is 32.9 Å². The molecule has 0 unspecified atom stereocenters. The Morgan fingerprint density at radius 1 is 0.967 bits per heavy atom. The number of carbonyl (C=O) groups excluding carboxylic acids is 2. The number of carbonyl (C=O) groups is 2. The normalized spacial score (nSPS) is 17.0. The summed E-state index contributed by atoms with van der Waals surface area (Å²) in [7, 11) is 5.44. The Balaban J connectivity index is 1.80. The van der Waals surface area contributed by atoms with Crippen LogP contribution >= 0.6 is 0 Å². The Hall–Kier alpha value is -3.32. The van der Waals surface area contributed by atoms with Crippen LogP contribution in [0.5, 0.6) is 5.75 Å². The predicted octanol–water partition coefficient (Wildman–Crippen LogP) is 2.38. The van der Waals surface area contributed by atoms with Crippen LogP contribution in [0.15, 0.2) is 54.2 Å². The second-order valence-corrected chi connectivity index (χ2v) is 7.41. The molecule has 1 saturated heterocycles. The van der Waals surface area contributed by atoms with E-state index in [9.17, 15) is 9.59 Å². The number of ether oxygens (including phenoxy) is 2. The molecular weight excluding hydrogens is 382 g/mol. The fraction of sp³-hybridized carbons (Fsp3) is 0.304. The maximum atomic E-state index is 13.5. The average Bonchev–Trinajstić information content (AvgIpc) is 3.04. The summed E-state index contributed by atoms with van der Waals surface area (Å²) in [5, 5.41) is 0. The molecule has 0 aromatic heterocycles. The minimum absolute atomic E-state index is 0.302. The van der Waals surface area contributed by atoms with Gasteiger partial charge in [-0.1, -0.05) is 18.2 Å². The Bertz CT molecular complexity index is 992. The van der Waals surface area contributed by atoms with Gasteiger partial charge in [-0.25, -0.2) is 4.90 Å². The summed E-state index contributed by atoms with van der Waals surface area (Å²) < 4.78 is 10.7. The van der Waals surface area contributed by atoms with Gasteiger partial charge in [-0.15, -0.1) is 0 Å². The largest absolute Gasteiger partial charge is 0.497 e. The van der Waals surface area contributed by atoms with Crippen molar-refractivity contribution in [1.29, 1.82) is 0 Å². The van der Waals surface area contributed by atoms with E-state index in [0.717, 1.165) is 5.69 Å². The van der Waals surface area contributed by atoms with Gasteiger partial charge in [0.15, 0.2) is 0 Å². The number of hydrogen-bond donors (Lipinski definition) is 0. The number of methoxy groups -OCH3 is 1. The summed E-state index contributed by atoms with van der Waals surface area (Å²) in [6, 6.07) is 14.7. The van der Waals surface area contributed by atoms with Crippen LogP contribution in [0.4, 0.5) is 11.4 Å². The van der Waals surface area contributed by atoms with Crippen LogP contribution < -0.4 is 14.5 Å². The van der Waals surface area contributed by atoms with E-state index in [-0.39, 0.29) is 11.8 Å². The Labute approximate surface area is 176 Å². The van der Waals surface area contributed by atoms with Crippen molar-refractivity contribution in [1.82, 2.24) is 4.90 Å². The zero-order valence-electron chi connectivity index (χ0n) is 17.4. The molecule has 7 heteroatoms. The van der Waals surface area contributed by atoms with Crippen LogP contribution in [-0.2, 0) is 14.3 Å². The third kappa shape index (κ3) is 3.52. The lowest BCUT2D eigenvalue weighted by molar-refractivity contribution is -0.121. The molecule has 7 nitrogen and oxygen atoms in total. The van der Waals surface area contributed by atoms with Crippen molar-refractivity contribution in [2.75, 3.05) is 57.3 Å². The zero-order chi connectivity index (χ0) is 21.3. The van der Waals surface area contributed by atoms with Crippen molar-refractivity contribution in [2.45, 2.75) is 0 Å². The van der Waals surface area contributed by atoms with Gasteiger partial charge in [0.05, 0.1) is 31.6 Å². The van der Waals surface area contributed by atoms with E-state index >= 15 is 0 Å². The summed E-state index contributed by atoms with van der Waals surface area (Å²) in [6.45, 7) is 2.19. The van der Waals surface area contributed by atoms with E-state index in [1.165, 1.54) is 4.90 Å². The van der Waals surface area contributed by atoms with Crippen molar-refractivity contribution >= 4 is 28.8 Å². The fourth-order valence-corrected chi connectivity index (χ4v) is 3.76. The van der Waals surface area contributed by atoms with Crippen molar-refractivity contribution < 1.29 is 19.1 Å². The van der Waals surface area contributed by atoms with Gasteiger partial charge in [0.25, 0.3) is 11.8 Å². The van der Waals surface area contributed by atoms with Gasteiger partial charge in [0.1, 0.15) is 11.4 Å². The molecule has 0 bridgehead atoms. The molecule has 0 spiro atoms. The van der Waals surface area contributed by atoms with Gasteiger partial charge in [-0.05, 0) is 35.9 Å². The van der Waals surface area contributed by atoms with Gasteiger partial charge in [0.2, 0.25) is 0 Å². The first-order valence-corrected chi connectivity index (χ1v) is 9.89. The van der Waals surface area contributed by atoms with Gasteiger partial charge < -0.3 is 19.3 Å². The van der Waals surface area contributed by atoms with Crippen molar-refractivity contribution in [3.05, 3.63) is 59.8 Å². The topological polar surface area (TPSA) is 62.3 Å². The number of nitrogens with zero attached hydrogens (tertiary/aromatic N) is 3. The van der Waals surface area contributed by atoms with Crippen molar-refractivity contribution in [3.63, 3.8) is 0 Å². The molecule has 0 atom stereocenters. The zero-order valence-corrected chi connectivity index (χ0v) is 17.4. The molecular formula is C23H25N3O4. The van der Waals surface area contributed by atoms with Crippen molar-refractivity contribution in [3.8, 4) is 5.75 Å². The molecule has 2 aliphatic heterocycles. The molecule has 156 valence electrons. The lowest BCUT2D eigenvalue weighted by atomic mass is 10.0. The Morgan fingerprint density at radius 2 is 1.67 bits per heavy atom. The van der Waals surface area contributed by atoms with E-state index < -0.39 is 0 Å². The molecule has 0 saturated carbocycles. The highest BCUT2D eigenvalue weighted by atomic mass is 16.5. The standard InChI is InChI=1S/C23H25N3O4/c1-24(2)17-5-4-6-18(15-17)26-22(27)20(16-7-9-19(29-3)10-8-16)21(23(26)28)25-11-13-30-14-12-25/h4-10,15H,11-14H2,1-3H3. The second-order valence-electron chi connectivity index (χ2n) is 7.41. The lowest BCUT2D eigenvalue weighted by Crippen LogP contribution is -2.40. The summed E-state index contributed by atoms with van der Waals surface area (Å²) in [6.07, 6.45) is 0. The van der Waals surface area contributed by atoms with E-state index in [0.29, 0.717) is 54.6 Å². The highest BCUT2D eigenvalue weighted by Crippen LogP contribution is 2.36. The van der Waals surface area contributed by atoms with Crippen molar-refractivity contribution in [2.24, 2.45) is 0 Å². The minimum Gasteiger partial charge on any atom is -0.497 e. The molecule has 2 aromatic rings. The lowest BCUT2D eigenvalue weighted by Gasteiger charge is -2.29. The van der Waals surface area contributed by atoms with Crippen LogP contribution in [0.1, 0.15) is 5.56 Å². The van der Waals surface area contributed by atoms with Crippen LogP contribution in [0, 0.1) is 0 Å².